The third-order valence-corrected chi connectivity index (χ3v) is 2.32. The summed E-state index contributed by atoms with van der Waals surface area (Å²) in [7, 11) is 2.61. The van der Waals surface area contributed by atoms with Crippen molar-refractivity contribution in [2.45, 2.75) is 0 Å². The van der Waals surface area contributed by atoms with Crippen molar-refractivity contribution in [2.75, 3.05) is 20.0 Å². The van der Waals surface area contributed by atoms with Crippen LogP contribution in [0.2, 0.25) is 0 Å². The first-order valence-corrected chi connectivity index (χ1v) is 5.48. The Kier molecular flexibility index (Phi) is 5.35. The van der Waals surface area contributed by atoms with Crippen LogP contribution in [0.1, 0.15) is 11.1 Å². The molecular formula is C14H15NO4. The Bertz CT molecular complexity index is 532. The van der Waals surface area contributed by atoms with Crippen LogP contribution in [-0.4, -0.2) is 26.2 Å². The van der Waals surface area contributed by atoms with Crippen molar-refractivity contribution < 1.29 is 19.1 Å². The first-order chi connectivity index (χ1) is 9.06. The van der Waals surface area contributed by atoms with E-state index in [1.54, 1.807) is 30.4 Å². The molecule has 1 aromatic carbocycles. The Morgan fingerprint density at radius 3 is 2.16 bits per heavy atom. The van der Waals surface area contributed by atoms with Gasteiger partial charge in [0.2, 0.25) is 0 Å². The first-order valence-electron chi connectivity index (χ1n) is 5.48. The number of methoxy groups -OCH3 is 2. The molecule has 0 spiro atoms. The van der Waals surface area contributed by atoms with Gasteiger partial charge in [0.25, 0.3) is 0 Å². The van der Waals surface area contributed by atoms with E-state index in [4.69, 9.17) is 5.73 Å². The standard InChI is InChI=1S/C14H15NO4/c1-18-13(16)7-4-10-3-5-11(12(15)9-10)6-8-14(17)19-2/h3-9H,15H2,1-2H3/b7-4+,8-6+. The van der Waals surface area contributed by atoms with E-state index < -0.39 is 11.9 Å². The largest absolute Gasteiger partial charge is 0.466 e. The normalized spacial score (nSPS) is 10.8. The number of nitrogen functional groups attached to an aromatic ring is 1. The number of benzene rings is 1. The topological polar surface area (TPSA) is 78.6 Å². The quantitative estimate of drug-likeness (QED) is 0.506. The Labute approximate surface area is 111 Å². The Balaban J connectivity index is 2.86. The van der Waals surface area contributed by atoms with Gasteiger partial charge in [-0.15, -0.1) is 0 Å². The van der Waals surface area contributed by atoms with Crippen LogP contribution in [0.5, 0.6) is 0 Å². The summed E-state index contributed by atoms with van der Waals surface area (Å²) >= 11 is 0. The molecule has 0 atom stereocenters. The highest BCUT2D eigenvalue weighted by Crippen LogP contribution is 2.17. The molecule has 19 heavy (non-hydrogen) atoms. The maximum absolute atomic E-state index is 11.0. The molecule has 0 unspecified atom stereocenters. The lowest BCUT2D eigenvalue weighted by atomic mass is 10.1. The fourth-order valence-corrected chi connectivity index (χ4v) is 1.31. The molecular weight excluding hydrogens is 246 g/mol. The van der Waals surface area contributed by atoms with E-state index in [0.717, 1.165) is 5.56 Å². The van der Waals surface area contributed by atoms with Crippen molar-refractivity contribution in [3.8, 4) is 0 Å². The second-order valence-corrected chi connectivity index (χ2v) is 3.60. The minimum absolute atomic E-state index is 0.437. The molecule has 0 fully saturated rings. The van der Waals surface area contributed by atoms with E-state index >= 15 is 0 Å². The van der Waals surface area contributed by atoms with Crippen molar-refractivity contribution >= 4 is 29.8 Å². The lowest BCUT2D eigenvalue weighted by Crippen LogP contribution is -1.95. The zero-order valence-corrected chi connectivity index (χ0v) is 10.8. The summed E-state index contributed by atoms with van der Waals surface area (Å²) in [4.78, 5) is 21.9. The molecule has 0 aliphatic rings. The summed E-state index contributed by atoms with van der Waals surface area (Å²) in [6, 6.07) is 5.20. The van der Waals surface area contributed by atoms with Gasteiger partial charge in [-0.3, -0.25) is 0 Å². The Hall–Kier alpha value is -2.56. The molecule has 0 aliphatic carbocycles. The maximum atomic E-state index is 11.0. The smallest absolute Gasteiger partial charge is 0.330 e. The lowest BCUT2D eigenvalue weighted by Gasteiger charge is -2.02. The van der Waals surface area contributed by atoms with E-state index in [-0.39, 0.29) is 0 Å². The van der Waals surface area contributed by atoms with Crippen LogP contribution in [0.3, 0.4) is 0 Å². The van der Waals surface area contributed by atoms with E-state index in [0.29, 0.717) is 11.3 Å². The van der Waals surface area contributed by atoms with Gasteiger partial charge < -0.3 is 15.2 Å². The number of esters is 2. The van der Waals surface area contributed by atoms with Gasteiger partial charge in [-0.1, -0.05) is 12.1 Å². The number of ether oxygens (including phenoxy) is 2. The predicted molar refractivity (Wildman–Crippen MR) is 73.0 cm³/mol. The van der Waals surface area contributed by atoms with Gasteiger partial charge in [0.05, 0.1) is 14.2 Å². The summed E-state index contributed by atoms with van der Waals surface area (Å²) in [5.74, 6) is -0.887. The molecule has 2 N–H and O–H groups in total. The molecule has 5 heteroatoms. The molecule has 0 heterocycles. The van der Waals surface area contributed by atoms with Crippen LogP contribution < -0.4 is 5.73 Å². The molecule has 0 aromatic heterocycles. The third kappa shape index (κ3) is 4.67. The average molecular weight is 261 g/mol. The van der Waals surface area contributed by atoms with Crippen molar-refractivity contribution in [3.63, 3.8) is 0 Å². The van der Waals surface area contributed by atoms with Crippen molar-refractivity contribution in [1.29, 1.82) is 0 Å². The van der Waals surface area contributed by atoms with Crippen molar-refractivity contribution in [2.24, 2.45) is 0 Å². The van der Waals surface area contributed by atoms with E-state index in [9.17, 15) is 9.59 Å². The molecule has 0 radical (unpaired) electrons. The fraction of sp³-hybridized carbons (Fsp3) is 0.143. The second kappa shape index (κ2) is 7.00. The zero-order chi connectivity index (χ0) is 14.3. The molecule has 0 aliphatic heterocycles. The van der Waals surface area contributed by atoms with Crippen LogP contribution >= 0.6 is 0 Å². The Morgan fingerprint density at radius 1 is 1.05 bits per heavy atom. The zero-order valence-electron chi connectivity index (χ0n) is 10.8. The highest BCUT2D eigenvalue weighted by Gasteiger charge is 1.99. The minimum Gasteiger partial charge on any atom is -0.466 e. The van der Waals surface area contributed by atoms with Crippen LogP contribution in [-0.2, 0) is 19.1 Å². The number of carbonyl (C=O) groups is 2. The molecule has 0 saturated heterocycles. The van der Waals surface area contributed by atoms with Gasteiger partial charge >= 0.3 is 11.9 Å². The number of carbonyl (C=O) groups excluding carboxylic acids is 2. The van der Waals surface area contributed by atoms with Gasteiger partial charge in [0.1, 0.15) is 0 Å². The summed E-state index contributed by atoms with van der Waals surface area (Å²) in [6.45, 7) is 0. The number of hydrogen-bond donors (Lipinski definition) is 1. The molecule has 0 saturated carbocycles. The molecule has 0 bridgehead atoms. The van der Waals surface area contributed by atoms with Crippen LogP contribution in [0.4, 0.5) is 5.69 Å². The minimum atomic E-state index is -0.450. The summed E-state index contributed by atoms with van der Waals surface area (Å²) in [5, 5.41) is 0. The monoisotopic (exact) mass is 261 g/mol. The van der Waals surface area contributed by atoms with Crippen LogP contribution in [0, 0.1) is 0 Å². The van der Waals surface area contributed by atoms with E-state index in [2.05, 4.69) is 9.47 Å². The maximum Gasteiger partial charge on any atom is 0.330 e. The van der Waals surface area contributed by atoms with Crippen molar-refractivity contribution in [1.82, 2.24) is 0 Å². The highest BCUT2D eigenvalue weighted by atomic mass is 16.5. The van der Waals surface area contributed by atoms with Gasteiger partial charge in [-0.2, -0.15) is 0 Å². The molecule has 1 aromatic rings. The average Bonchev–Trinajstić information content (AvgIpc) is 2.43. The third-order valence-electron chi connectivity index (χ3n) is 2.32. The Morgan fingerprint density at radius 2 is 1.63 bits per heavy atom. The molecule has 1 rings (SSSR count). The number of anilines is 1. The summed E-state index contributed by atoms with van der Waals surface area (Å²) in [5.41, 5.74) is 7.78. The SMILES string of the molecule is COC(=O)/C=C/c1ccc(/C=C/C(=O)OC)c(N)c1. The predicted octanol–water partition coefficient (Wildman–Crippen LogP) is 1.64. The van der Waals surface area contributed by atoms with E-state index in [1.165, 1.54) is 26.4 Å². The lowest BCUT2D eigenvalue weighted by molar-refractivity contribution is -0.135. The number of rotatable bonds is 4. The summed E-state index contributed by atoms with van der Waals surface area (Å²) in [6.07, 6.45) is 5.75. The highest BCUT2D eigenvalue weighted by molar-refractivity contribution is 5.89. The van der Waals surface area contributed by atoms with Crippen LogP contribution in [0.25, 0.3) is 12.2 Å². The number of hydrogen-bond acceptors (Lipinski definition) is 5. The summed E-state index contributed by atoms with van der Waals surface area (Å²) < 4.78 is 8.97. The van der Waals surface area contributed by atoms with E-state index in [1.807, 2.05) is 0 Å². The van der Waals surface area contributed by atoms with Gasteiger partial charge in [0, 0.05) is 17.8 Å². The van der Waals surface area contributed by atoms with Gasteiger partial charge in [-0.25, -0.2) is 9.59 Å². The van der Waals surface area contributed by atoms with Crippen molar-refractivity contribution in [3.05, 3.63) is 41.5 Å². The molecule has 0 amide bonds. The molecule has 100 valence electrons. The second-order valence-electron chi connectivity index (χ2n) is 3.60. The first kappa shape index (κ1) is 14.5. The molecule has 5 nitrogen and oxygen atoms in total. The fourth-order valence-electron chi connectivity index (χ4n) is 1.31. The van der Waals surface area contributed by atoms with Gasteiger partial charge in [0.15, 0.2) is 0 Å². The van der Waals surface area contributed by atoms with Gasteiger partial charge in [-0.05, 0) is 29.3 Å². The van der Waals surface area contributed by atoms with Crippen LogP contribution in [0.15, 0.2) is 30.4 Å². The number of nitrogens with two attached hydrogens (primary N) is 1.